The third kappa shape index (κ3) is 4.74. The van der Waals surface area contributed by atoms with Gasteiger partial charge in [-0.1, -0.05) is 30.3 Å². The molecule has 1 amide bonds. The van der Waals surface area contributed by atoms with Crippen molar-refractivity contribution in [3.05, 3.63) is 70.8 Å². The molecular weight excluding hydrogens is 342 g/mol. The van der Waals surface area contributed by atoms with Crippen LogP contribution in [0.3, 0.4) is 0 Å². The van der Waals surface area contributed by atoms with E-state index in [1.807, 2.05) is 41.3 Å². The summed E-state index contributed by atoms with van der Waals surface area (Å²) in [6.07, 6.45) is 2.53. The van der Waals surface area contributed by atoms with Gasteiger partial charge in [0.15, 0.2) is 0 Å². The number of piperidine rings is 1. The largest absolute Gasteiger partial charge is 0.478 e. The van der Waals surface area contributed by atoms with Crippen molar-refractivity contribution in [3.63, 3.8) is 0 Å². The van der Waals surface area contributed by atoms with Gasteiger partial charge in [0.2, 0.25) is 0 Å². The fourth-order valence-corrected chi connectivity index (χ4v) is 3.65. The summed E-state index contributed by atoms with van der Waals surface area (Å²) in [6, 6.07) is 14.7. The number of benzene rings is 2. The predicted octanol–water partition coefficient (Wildman–Crippen LogP) is 3.63. The molecule has 0 unspecified atom stereocenters. The number of hydrogen-bond donors (Lipinski definition) is 1. The topological polar surface area (TPSA) is 66.8 Å². The molecular formula is C22H25NO4. The molecule has 1 heterocycles. The van der Waals surface area contributed by atoms with E-state index in [9.17, 15) is 14.7 Å². The van der Waals surface area contributed by atoms with Crippen LogP contribution in [0.4, 0.5) is 0 Å². The van der Waals surface area contributed by atoms with Crippen molar-refractivity contribution in [2.45, 2.75) is 25.9 Å². The van der Waals surface area contributed by atoms with E-state index >= 15 is 0 Å². The highest BCUT2D eigenvalue weighted by Crippen LogP contribution is 2.24. The molecule has 3 rings (SSSR count). The number of rotatable bonds is 6. The highest BCUT2D eigenvalue weighted by Gasteiger charge is 2.24. The van der Waals surface area contributed by atoms with Crippen molar-refractivity contribution < 1.29 is 19.4 Å². The van der Waals surface area contributed by atoms with Crippen molar-refractivity contribution in [2.75, 3.05) is 20.2 Å². The van der Waals surface area contributed by atoms with Crippen molar-refractivity contribution >= 4 is 11.9 Å². The summed E-state index contributed by atoms with van der Waals surface area (Å²) >= 11 is 0. The lowest BCUT2D eigenvalue weighted by Crippen LogP contribution is -2.39. The van der Waals surface area contributed by atoms with Crippen LogP contribution in [-0.4, -0.2) is 42.1 Å². The number of carbonyl (C=O) groups excluding carboxylic acids is 1. The molecule has 1 aliphatic heterocycles. The van der Waals surface area contributed by atoms with Gasteiger partial charge in [0.05, 0.1) is 12.2 Å². The maximum atomic E-state index is 12.7. The van der Waals surface area contributed by atoms with Gasteiger partial charge in [0.1, 0.15) is 0 Å². The fraction of sp³-hybridized carbons (Fsp3) is 0.364. The third-order valence-electron chi connectivity index (χ3n) is 5.17. The van der Waals surface area contributed by atoms with E-state index in [0.717, 1.165) is 30.4 Å². The molecule has 5 heteroatoms. The summed E-state index contributed by atoms with van der Waals surface area (Å²) in [7, 11) is 1.65. The molecule has 0 radical (unpaired) electrons. The Bertz CT molecular complexity index is 792. The molecule has 0 spiro atoms. The minimum atomic E-state index is -0.880. The van der Waals surface area contributed by atoms with E-state index in [1.54, 1.807) is 19.2 Å². The zero-order valence-electron chi connectivity index (χ0n) is 15.6. The first kappa shape index (κ1) is 19.1. The lowest BCUT2D eigenvalue weighted by Gasteiger charge is -2.32. The lowest BCUT2D eigenvalue weighted by atomic mass is 9.88. The van der Waals surface area contributed by atoms with Crippen LogP contribution in [0.2, 0.25) is 0 Å². The van der Waals surface area contributed by atoms with Crippen LogP contribution < -0.4 is 0 Å². The quantitative estimate of drug-likeness (QED) is 0.847. The van der Waals surface area contributed by atoms with Crippen molar-refractivity contribution in [3.8, 4) is 0 Å². The highest BCUT2D eigenvalue weighted by atomic mass is 16.5. The van der Waals surface area contributed by atoms with E-state index in [1.165, 1.54) is 0 Å². The van der Waals surface area contributed by atoms with Gasteiger partial charge in [-0.2, -0.15) is 0 Å². The maximum Gasteiger partial charge on any atom is 0.335 e. The Kier molecular flexibility index (Phi) is 6.24. The van der Waals surface area contributed by atoms with E-state index in [-0.39, 0.29) is 5.91 Å². The standard InChI is InChI=1S/C22H25NO4/c1-27-15-17-6-8-18(9-7-17)21(24)23-12-10-16(11-13-23)14-19-4-2-3-5-20(19)22(25)26/h2-9,16H,10-15H2,1H3,(H,25,26). The van der Waals surface area contributed by atoms with Crippen molar-refractivity contribution in [1.82, 2.24) is 4.90 Å². The molecule has 0 atom stereocenters. The van der Waals surface area contributed by atoms with Gasteiger partial charge in [-0.25, -0.2) is 4.79 Å². The second-order valence-electron chi connectivity index (χ2n) is 7.03. The molecule has 2 aromatic rings. The molecule has 27 heavy (non-hydrogen) atoms. The third-order valence-corrected chi connectivity index (χ3v) is 5.17. The lowest BCUT2D eigenvalue weighted by molar-refractivity contribution is 0.0690. The Morgan fingerprint density at radius 3 is 2.37 bits per heavy atom. The number of nitrogens with zero attached hydrogens (tertiary/aromatic N) is 1. The molecule has 0 saturated carbocycles. The maximum absolute atomic E-state index is 12.7. The number of methoxy groups -OCH3 is 1. The number of ether oxygens (including phenoxy) is 1. The van der Waals surface area contributed by atoms with Crippen LogP contribution in [0, 0.1) is 5.92 Å². The Morgan fingerprint density at radius 1 is 1.07 bits per heavy atom. The average Bonchev–Trinajstić information content (AvgIpc) is 2.69. The molecule has 5 nitrogen and oxygen atoms in total. The molecule has 1 aliphatic rings. The summed E-state index contributed by atoms with van der Waals surface area (Å²) in [4.78, 5) is 26.0. The number of carbonyl (C=O) groups is 2. The van der Waals surface area contributed by atoms with E-state index < -0.39 is 5.97 Å². The monoisotopic (exact) mass is 367 g/mol. The Labute approximate surface area is 159 Å². The zero-order chi connectivity index (χ0) is 19.2. The first-order valence-corrected chi connectivity index (χ1v) is 9.27. The van der Waals surface area contributed by atoms with Gasteiger partial charge in [0, 0.05) is 25.8 Å². The SMILES string of the molecule is COCc1ccc(C(=O)N2CCC(Cc3ccccc3C(=O)O)CC2)cc1. The average molecular weight is 367 g/mol. The first-order valence-electron chi connectivity index (χ1n) is 9.27. The Balaban J connectivity index is 1.57. The normalized spacial score (nSPS) is 14.9. The van der Waals surface area contributed by atoms with Crippen molar-refractivity contribution in [1.29, 1.82) is 0 Å². The molecule has 142 valence electrons. The summed E-state index contributed by atoms with van der Waals surface area (Å²) in [5.41, 5.74) is 3.00. The number of hydrogen-bond acceptors (Lipinski definition) is 3. The predicted molar refractivity (Wildman–Crippen MR) is 103 cm³/mol. The minimum absolute atomic E-state index is 0.0587. The fourth-order valence-electron chi connectivity index (χ4n) is 3.65. The molecule has 1 saturated heterocycles. The van der Waals surface area contributed by atoms with Gasteiger partial charge in [-0.15, -0.1) is 0 Å². The molecule has 0 aliphatic carbocycles. The highest BCUT2D eigenvalue weighted by molar-refractivity contribution is 5.94. The zero-order valence-corrected chi connectivity index (χ0v) is 15.6. The Morgan fingerprint density at radius 2 is 1.74 bits per heavy atom. The van der Waals surface area contributed by atoms with E-state index in [0.29, 0.717) is 36.7 Å². The Hall–Kier alpha value is -2.66. The second-order valence-corrected chi connectivity index (χ2v) is 7.03. The molecule has 0 bridgehead atoms. The summed E-state index contributed by atoms with van der Waals surface area (Å²) in [6.45, 7) is 1.95. The number of amides is 1. The van der Waals surface area contributed by atoms with Gasteiger partial charge < -0.3 is 14.7 Å². The van der Waals surface area contributed by atoms with Crippen LogP contribution in [0.25, 0.3) is 0 Å². The molecule has 1 fully saturated rings. The van der Waals surface area contributed by atoms with Crippen LogP contribution >= 0.6 is 0 Å². The van der Waals surface area contributed by atoms with Crippen LogP contribution in [0.15, 0.2) is 48.5 Å². The summed E-state index contributed by atoms with van der Waals surface area (Å²) < 4.78 is 5.10. The van der Waals surface area contributed by atoms with Gasteiger partial charge in [-0.3, -0.25) is 4.79 Å². The molecule has 1 N–H and O–H groups in total. The van der Waals surface area contributed by atoms with Gasteiger partial charge >= 0.3 is 5.97 Å². The van der Waals surface area contributed by atoms with E-state index in [4.69, 9.17) is 4.74 Å². The van der Waals surface area contributed by atoms with Crippen LogP contribution in [0.1, 0.15) is 44.7 Å². The number of likely N-dealkylation sites (tertiary alicyclic amines) is 1. The molecule has 2 aromatic carbocycles. The number of carboxylic acid groups (broad SMARTS) is 1. The number of carboxylic acids is 1. The minimum Gasteiger partial charge on any atom is -0.478 e. The summed E-state index contributed by atoms with van der Waals surface area (Å²) in [5.74, 6) is -0.419. The smallest absolute Gasteiger partial charge is 0.335 e. The van der Waals surface area contributed by atoms with E-state index in [2.05, 4.69) is 0 Å². The van der Waals surface area contributed by atoms with Crippen molar-refractivity contribution in [2.24, 2.45) is 5.92 Å². The van der Waals surface area contributed by atoms with Gasteiger partial charge in [-0.05, 0) is 54.5 Å². The summed E-state index contributed by atoms with van der Waals surface area (Å²) in [5, 5.41) is 9.33. The number of aromatic carboxylic acids is 1. The first-order chi connectivity index (χ1) is 13.1. The van der Waals surface area contributed by atoms with Crippen LogP contribution in [-0.2, 0) is 17.8 Å². The second kappa shape index (κ2) is 8.82. The van der Waals surface area contributed by atoms with Crippen LogP contribution in [0.5, 0.6) is 0 Å². The molecule has 0 aromatic heterocycles. The van der Waals surface area contributed by atoms with Gasteiger partial charge in [0.25, 0.3) is 5.91 Å².